The van der Waals surface area contributed by atoms with Crippen LogP contribution in [0.4, 0.5) is 5.13 Å². The number of hydrogen-bond donors (Lipinski definition) is 1. The molecule has 17 heavy (non-hydrogen) atoms. The van der Waals surface area contributed by atoms with E-state index in [0.29, 0.717) is 6.54 Å². The van der Waals surface area contributed by atoms with Crippen LogP contribution in [0.2, 0.25) is 0 Å². The van der Waals surface area contributed by atoms with Crippen LogP contribution in [0.1, 0.15) is 21.5 Å². The fourth-order valence-electron chi connectivity index (χ4n) is 1.50. The predicted octanol–water partition coefficient (Wildman–Crippen LogP) is 4.15. The van der Waals surface area contributed by atoms with E-state index in [2.05, 4.69) is 17.2 Å². The highest BCUT2D eigenvalue weighted by Crippen LogP contribution is 2.24. The normalized spacial score (nSPS) is 12.4. The Bertz CT molecular complexity index is 462. The van der Waals surface area contributed by atoms with Crippen LogP contribution in [0.5, 0.6) is 0 Å². The van der Waals surface area contributed by atoms with Crippen molar-refractivity contribution < 1.29 is 0 Å². The van der Waals surface area contributed by atoms with Crippen molar-refractivity contribution in [3.8, 4) is 0 Å². The summed E-state index contributed by atoms with van der Waals surface area (Å²) in [6.45, 7) is 4.79. The van der Waals surface area contributed by atoms with Gasteiger partial charge in [-0.1, -0.05) is 30.3 Å². The molecule has 1 N–H and O–H groups in total. The molecule has 0 fully saturated rings. The molecule has 1 unspecified atom stereocenters. The number of anilines is 1. The number of nitrogens with zero attached hydrogens (tertiary/aromatic N) is 1. The summed E-state index contributed by atoms with van der Waals surface area (Å²) >= 11 is 7.99. The highest BCUT2D eigenvalue weighted by molar-refractivity contribution is 7.15. The lowest BCUT2D eigenvalue weighted by Crippen LogP contribution is -2.07. The molecule has 0 amide bonds. The molecule has 0 aliphatic carbocycles. The monoisotopic (exact) mass is 266 g/mol. The first-order chi connectivity index (χ1) is 8.16. The van der Waals surface area contributed by atoms with Gasteiger partial charge in [-0.15, -0.1) is 22.9 Å². The molecule has 0 saturated heterocycles. The van der Waals surface area contributed by atoms with Crippen molar-refractivity contribution in [1.82, 2.24) is 4.98 Å². The molecule has 2 aromatic rings. The molecule has 1 atom stereocenters. The first-order valence-corrected chi connectivity index (χ1v) is 6.79. The molecule has 1 aromatic heterocycles. The van der Waals surface area contributed by atoms with Crippen LogP contribution in [0.25, 0.3) is 0 Å². The van der Waals surface area contributed by atoms with Crippen LogP contribution < -0.4 is 5.32 Å². The molecular formula is C13H15ClN2S. The Morgan fingerprint density at radius 2 is 2.00 bits per heavy atom. The van der Waals surface area contributed by atoms with E-state index in [1.165, 1.54) is 4.88 Å². The van der Waals surface area contributed by atoms with Crippen molar-refractivity contribution in [2.45, 2.75) is 19.2 Å². The summed E-state index contributed by atoms with van der Waals surface area (Å²) in [4.78, 5) is 5.67. The number of aryl methyl sites for hydroxylation is 2. The third kappa shape index (κ3) is 3.20. The van der Waals surface area contributed by atoms with Gasteiger partial charge in [-0.3, -0.25) is 0 Å². The minimum Gasteiger partial charge on any atom is -0.360 e. The quantitative estimate of drug-likeness (QED) is 0.841. The van der Waals surface area contributed by atoms with Gasteiger partial charge in [-0.05, 0) is 19.4 Å². The summed E-state index contributed by atoms with van der Waals surface area (Å²) in [6, 6.07) is 10.1. The smallest absolute Gasteiger partial charge is 0.183 e. The molecule has 2 rings (SSSR count). The fraction of sp³-hybridized carbons (Fsp3) is 0.308. The standard InChI is InChI=1S/C13H15ClN2S/c1-9-10(2)17-13(16-9)15-8-12(14)11-6-4-3-5-7-11/h3-7,12H,8H2,1-2H3,(H,15,16). The van der Waals surface area contributed by atoms with Crippen molar-refractivity contribution in [2.24, 2.45) is 0 Å². The topological polar surface area (TPSA) is 24.9 Å². The molecule has 0 saturated carbocycles. The number of aromatic nitrogens is 1. The van der Waals surface area contributed by atoms with Gasteiger partial charge < -0.3 is 5.32 Å². The zero-order valence-corrected chi connectivity index (χ0v) is 11.5. The van der Waals surface area contributed by atoms with Crippen molar-refractivity contribution in [1.29, 1.82) is 0 Å². The Kier molecular flexibility index (Phi) is 4.02. The van der Waals surface area contributed by atoms with Crippen molar-refractivity contribution in [2.75, 3.05) is 11.9 Å². The number of halogens is 1. The second-order valence-corrected chi connectivity index (χ2v) is 5.65. The number of benzene rings is 1. The van der Waals surface area contributed by atoms with Crippen LogP contribution in [0.15, 0.2) is 30.3 Å². The Hall–Kier alpha value is -1.06. The van der Waals surface area contributed by atoms with Gasteiger partial charge in [0.2, 0.25) is 0 Å². The fourth-order valence-corrected chi connectivity index (χ4v) is 2.55. The lowest BCUT2D eigenvalue weighted by molar-refractivity contribution is 0.972. The van der Waals surface area contributed by atoms with E-state index < -0.39 is 0 Å². The zero-order chi connectivity index (χ0) is 12.3. The molecule has 1 heterocycles. The minimum atomic E-state index is -0.0271. The van der Waals surface area contributed by atoms with Gasteiger partial charge in [-0.2, -0.15) is 0 Å². The summed E-state index contributed by atoms with van der Waals surface area (Å²) < 4.78 is 0. The van der Waals surface area contributed by atoms with E-state index in [1.807, 2.05) is 37.3 Å². The minimum absolute atomic E-state index is 0.0271. The van der Waals surface area contributed by atoms with Gasteiger partial charge in [0, 0.05) is 11.4 Å². The average Bonchev–Trinajstić information content (AvgIpc) is 2.67. The highest BCUT2D eigenvalue weighted by Gasteiger charge is 2.09. The van der Waals surface area contributed by atoms with Crippen LogP contribution in [-0.4, -0.2) is 11.5 Å². The maximum absolute atomic E-state index is 6.32. The van der Waals surface area contributed by atoms with Crippen LogP contribution in [0.3, 0.4) is 0 Å². The number of alkyl halides is 1. The Morgan fingerprint density at radius 1 is 1.29 bits per heavy atom. The maximum atomic E-state index is 6.32. The van der Waals surface area contributed by atoms with Crippen LogP contribution >= 0.6 is 22.9 Å². The highest BCUT2D eigenvalue weighted by atomic mass is 35.5. The largest absolute Gasteiger partial charge is 0.360 e. The molecule has 0 bridgehead atoms. The molecule has 0 spiro atoms. The van der Waals surface area contributed by atoms with Gasteiger partial charge in [0.25, 0.3) is 0 Å². The van der Waals surface area contributed by atoms with Gasteiger partial charge in [-0.25, -0.2) is 4.98 Å². The molecular weight excluding hydrogens is 252 g/mol. The third-order valence-corrected chi connectivity index (χ3v) is 4.06. The summed E-state index contributed by atoms with van der Waals surface area (Å²) in [5.41, 5.74) is 2.22. The van der Waals surface area contributed by atoms with Crippen LogP contribution in [-0.2, 0) is 0 Å². The SMILES string of the molecule is Cc1nc(NCC(Cl)c2ccccc2)sc1C. The molecule has 0 aliphatic rings. The van der Waals surface area contributed by atoms with E-state index >= 15 is 0 Å². The second kappa shape index (κ2) is 5.52. The van der Waals surface area contributed by atoms with E-state index in [0.717, 1.165) is 16.4 Å². The number of nitrogens with one attached hydrogen (secondary N) is 1. The van der Waals surface area contributed by atoms with Gasteiger partial charge >= 0.3 is 0 Å². The van der Waals surface area contributed by atoms with Crippen molar-refractivity contribution in [3.05, 3.63) is 46.5 Å². The van der Waals surface area contributed by atoms with E-state index in [-0.39, 0.29) is 5.38 Å². The van der Waals surface area contributed by atoms with Gasteiger partial charge in [0.15, 0.2) is 5.13 Å². The third-order valence-electron chi connectivity index (χ3n) is 2.62. The molecule has 4 heteroatoms. The van der Waals surface area contributed by atoms with Gasteiger partial charge in [0.05, 0.1) is 11.1 Å². The lowest BCUT2D eigenvalue weighted by atomic mass is 10.1. The number of hydrogen-bond acceptors (Lipinski definition) is 3. The second-order valence-electron chi connectivity index (χ2n) is 3.92. The molecule has 2 nitrogen and oxygen atoms in total. The van der Waals surface area contributed by atoms with Crippen molar-refractivity contribution in [3.63, 3.8) is 0 Å². The number of thiazole rings is 1. The molecule has 1 aromatic carbocycles. The first kappa shape index (κ1) is 12.4. The summed E-state index contributed by atoms with van der Waals surface area (Å²) in [5.74, 6) is 0. The number of rotatable bonds is 4. The summed E-state index contributed by atoms with van der Waals surface area (Å²) in [6.07, 6.45) is 0. The summed E-state index contributed by atoms with van der Waals surface area (Å²) in [5, 5.41) is 4.20. The average molecular weight is 267 g/mol. The van der Waals surface area contributed by atoms with Crippen molar-refractivity contribution >= 4 is 28.1 Å². The van der Waals surface area contributed by atoms with E-state index in [4.69, 9.17) is 11.6 Å². The predicted molar refractivity (Wildman–Crippen MR) is 75.1 cm³/mol. The molecule has 0 radical (unpaired) electrons. The maximum Gasteiger partial charge on any atom is 0.183 e. The first-order valence-electron chi connectivity index (χ1n) is 5.53. The zero-order valence-electron chi connectivity index (χ0n) is 9.90. The van der Waals surface area contributed by atoms with E-state index in [1.54, 1.807) is 11.3 Å². The van der Waals surface area contributed by atoms with Crippen LogP contribution in [0, 0.1) is 13.8 Å². The van der Waals surface area contributed by atoms with Gasteiger partial charge in [0.1, 0.15) is 0 Å². The Balaban J connectivity index is 1.94. The molecule has 0 aliphatic heterocycles. The summed E-state index contributed by atoms with van der Waals surface area (Å²) in [7, 11) is 0. The van der Waals surface area contributed by atoms with E-state index in [9.17, 15) is 0 Å². The Labute approximate surface area is 111 Å². The Morgan fingerprint density at radius 3 is 2.59 bits per heavy atom. The lowest BCUT2D eigenvalue weighted by Gasteiger charge is -2.10. The molecule has 90 valence electrons.